The lowest BCUT2D eigenvalue weighted by Gasteiger charge is -2.07. The molecule has 1 aromatic carbocycles. The smallest absolute Gasteiger partial charge is 0.163 e. The van der Waals surface area contributed by atoms with Crippen molar-refractivity contribution in [3.05, 3.63) is 54.7 Å². The fourth-order valence-corrected chi connectivity index (χ4v) is 1.37. The van der Waals surface area contributed by atoms with Gasteiger partial charge in [0.05, 0.1) is 12.1 Å². The first-order valence-corrected chi connectivity index (χ1v) is 6.09. The van der Waals surface area contributed by atoms with E-state index in [1.54, 1.807) is 12.3 Å². The van der Waals surface area contributed by atoms with Crippen LogP contribution in [0.5, 0.6) is 5.75 Å². The van der Waals surface area contributed by atoms with Gasteiger partial charge in [-0.15, -0.1) is 0 Å². The maximum absolute atomic E-state index is 5.58. The molecule has 0 radical (unpaired) electrons. The van der Waals surface area contributed by atoms with Crippen LogP contribution in [0.4, 0.5) is 5.82 Å². The zero-order chi connectivity index (χ0) is 13.3. The summed E-state index contributed by atoms with van der Waals surface area (Å²) in [7, 11) is 0. The van der Waals surface area contributed by atoms with Gasteiger partial charge in [0, 0.05) is 6.20 Å². The molecule has 0 spiro atoms. The van der Waals surface area contributed by atoms with Crippen molar-refractivity contribution in [2.75, 3.05) is 6.61 Å². The molecular formula is C15H15N3O. The van der Waals surface area contributed by atoms with Crippen molar-refractivity contribution in [1.29, 1.82) is 0 Å². The van der Waals surface area contributed by atoms with E-state index in [1.165, 1.54) is 0 Å². The van der Waals surface area contributed by atoms with Crippen LogP contribution in [0, 0.1) is 0 Å². The molecular weight excluding hydrogens is 238 g/mol. The first kappa shape index (κ1) is 13.0. The molecule has 96 valence electrons. The van der Waals surface area contributed by atoms with E-state index in [0.717, 1.165) is 5.75 Å². The van der Waals surface area contributed by atoms with E-state index in [0.29, 0.717) is 12.4 Å². The summed E-state index contributed by atoms with van der Waals surface area (Å²) in [5.41, 5.74) is 0. The van der Waals surface area contributed by atoms with Crippen molar-refractivity contribution < 1.29 is 4.74 Å². The molecule has 2 rings (SSSR count). The maximum Gasteiger partial charge on any atom is 0.163 e. The summed E-state index contributed by atoms with van der Waals surface area (Å²) in [4.78, 5) is 12.2. The highest BCUT2D eigenvalue weighted by Crippen LogP contribution is 2.09. The standard InChI is InChI=1S/C15H15N3O/c1-13(11-19-14-7-3-2-4-8-14)17-12-18-15-9-5-6-10-16-15/h2-10,13H,11H2,1H3. The summed E-state index contributed by atoms with van der Waals surface area (Å²) in [5, 5.41) is 0. The number of rotatable bonds is 5. The highest BCUT2D eigenvalue weighted by molar-refractivity contribution is 5.49. The number of hydrogen-bond donors (Lipinski definition) is 0. The van der Waals surface area contributed by atoms with E-state index < -0.39 is 0 Å². The van der Waals surface area contributed by atoms with Crippen molar-refractivity contribution >= 4 is 11.8 Å². The molecule has 0 aliphatic heterocycles. The van der Waals surface area contributed by atoms with Gasteiger partial charge in [-0.3, -0.25) is 0 Å². The second-order valence-electron chi connectivity index (χ2n) is 4.00. The number of aliphatic imine (C=N–C) groups is 2. The summed E-state index contributed by atoms with van der Waals surface area (Å²) < 4.78 is 5.58. The average molecular weight is 253 g/mol. The third kappa shape index (κ3) is 4.74. The Balaban J connectivity index is 1.84. The lowest BCUT2D eigenvalue weighted by atomic mass is 10.3. The minimum absolute atomic E-state index is 0.00679. The van der Waals surface area contributed by atoms with Crippen molar-refractivity contribution in [3.63, 3.8) is 0 Å². The molecule has 0 fully saturated rings. The van der Waals surface area contributed by atoms with Crippen LogP contribution < -0.4 is 4.74 Å². The zero-order valence-electron chi connectivity index (χ0n) is 10.7. The van der Waals surface area contributed by atoms with Crippen LogP contribution in [-0.4, -0.2) is 23.6 Å². The summed E-state index contributed by atoms with van der Waals surface area (Å²) in [6, 6.07) is 17.8. The van der Waals surface area contributed by atoms with Crippen molar-refractivity contribution in [2.24, 2.45) is 9.98 Å². The largest absolute Gasteiger partial charge is 0.491 e. The molecule has 0 bridgehead atoms. The first-order chi connectivity index (χ1) is 9.34. The number of para-hydroxylation sites is 1. The predicted octanol–water partition coefficient (Wildman–Crippen LogP) is 3.35. The van der Waals surface area contributed by atoms with E-state index in [1.807, 2.05) is 49.4 Å². The molecule has 2 aromatic rings. The lowest BCUT2D eigenvalue weighted by Crippen LogP contribution is -2.11. The van der Waals surface area contributed by atoms with Gasteiger partial charge in [0.1, 0.15) is 12.4 Å². The van der Waals surface area contributed by atoms with Crippen LogP contribution in [0.25, 0.3) is 0 Å². The fourth-order valence-electron chi connectivity index (χ4n) is 1.37. The van der Waals surface area contributed by atoms with Crippen LogP contribution in [-0.2, 0) is 0 Å². The van der Waals surface area contributed by atoms with Crippen LogP contribution >= 0.6 is 0 Å². The van der Waals surface area contributed by atoms with Crippen molar-refractivity contribution in [3.8, 4) is 5.75 Å². The molecule has 1 heterocycles. The maximum atomic E-state index is 5.58. The molecule has 0 aliphatic rings. The van der Waals surface area contributed by atoms with Gasteiger partial charge in [-0.2, -0.15) is 4.99 Å². The van der Waals surface area contributed by atoms with Gasteiger partial charge in [-0.25, -0.2) is 9.98 Å². The Morgan fingerprint density at radius 1 is 1.16 bits per heavy atom. The lowest BCUT2D eigenvalue weighted by molar-refractivity contribution is 0.297. The Bertz CT molecular complexity index is 548. The zero-order valence-corrected chi connectivity index (χ0v) is 10.7. The molecule has 1 aromatic heterocycles. The SMILES string of the molecule is CC(COc1ccccc1)N=C=Nc1ccccn1. The van der Waals surface area contributed by atoms with Crippen molar-refractivity contribution in [1.82, 2.24) is 4.98 Å². The van der Waals surface area contributed by atoms with E-state index in [-0.39, 0.29) is 6.04 Å². The number of nitrogens with zero attached hydrogens (tertiary/aromatic N) is 3. The van der Waals surface area contributed by atoms with Crippen LogP contribution in [0.15, 0.2) is 64.7 Å². The molecule has 0 aliphatic carbocycles. The third-order valence-electron chi connectivity index (χ3n) is 2.33. The van der Waals surface area contributed by atoms with E-state index in [2.05, 4.69) is 21.0 Å². The molecule has 19 heavy (non-hydrogen) atoms. The summed E-state index contributed by atoms with van der Waals surface area (Å²) in [5.74, 6) is 1.44. The third-order valence-corrected chi connectivity index (χ3v) is 2.33. The van der Waals surface area contributed by atoms with Gasteiger partial charge in [0.25, 0.3) is 0 Å². The van der Waals surface area contributed by atoms with Crippen LogP contribution in [0.3, 0.4) is 0 Å². The highest BCUT2D eigenvalue weighted by Gasteiger charge is 1.99. The number of hydrogen-bond acceptors (Lipinski definition) is 4. The van der Waals surface area contributed by atoms with E-state index in [4.69, 9.17) is 4.74 Å². The summed E-state index contributed by atoms with van der Waals surface area (Å²) >= 11 is 0. The second-order valence-corrected chi connectivity index (χ2v) is 4.00. The topological polar surface area (TPSA) is 46.8 Å². The molecule has 4 heteroatoms. The molecule has 0 N–H and O–H groups in total. The van der Waals surface area contributed by atoms with Gasteiger partial charge < -0.3 is 4.74 Å². The highest BCUT2D eigenvalue weighted by atomic mass is 16.5. The minimum atomic E-state index is -0.00679. The number of ether oxygens (including phenoxy) is 1. The van der Waals surface area contributed by atoms with E-state index in [9.17, 15) is 0 Å². The van der Waals surface area contributed by atoms with Gasteiger partial charge >= 0.3 is 0 Å². The van der Waals surface area contributed by atoms with Crippen molar-refractivity contribution in [2.45, 2.75) is 13.0 Å². The van der Waals surface area contributed by atoms with Crippen LogP contribution in [0.2, 0.25) is 0 Å². The Morgan fingerprint density at radius 2 is 1.95 bits per heavy atom. The van der Waals surface area contributed by atoms with E-state index >= 15 is 0 Å². The normalized spacial score (nSPS) is 11.2. The van der Waals surface area contributed by atoms with Gasteiger partial charge in [-0.1, -0.05) is 24.3 Å². The predicted molar refractivity (Wildman–Crippen MR) is 75.2 cm³/mol. The Labute approximate surface area is 112 Å². The first-order valence-electron chi connectivity index (χ1n) is 6.09. The molecule has 1 unspecified atom stereocenters. The second kappa shape index (κ2) is 7.09. The Morgan fingerprint density at radius 3 is 2.68 bits per heavy atom. The summed E-state index contributed by atoms with van der Waals surface area (Å²) in [6.45, 7) is 2.44. The van der Waals surface area contributed by atoms with Gasteiger partial charge in [0.2, 0.25) is 0 Å². The molecule has 1 atom stereocenters. The average Bonchev–Trinajstić information content (AvgIpc) is 2.47. The molecule has 4 nitrogen and oxygen atoms in total. The molecule has 0 saturated carbocycles. The molecule has 0 amide bonds. The quantitative estimate of drug-likeness (QED) is 0.767. The monoisotopic (exact) mass is 253 g/mol. The molecule has 0 saturated heterocycles. The van der Waals surface area contributed by atoms with Gasteiger partial charge in [0.15, 0.2) is 5.82 Å². The Hall–Kier alpha value is -2.45. The Kier molecular flexibility index (Phi) is 4.85. The van der Waals surface area contributed by atoms with Crippen LogP contribution in [0.1, 0.15) is 6.92 Å². The summed E-state index contributed by atoms with van der Waals surface area (Å²) in [6.07, 6.45) is 1.68. The minimum Gasteiger partial charge on any atom is -0.491 e. The number of aromatic nitrogens is 1. The number of pyridine rings is 1. The number of benzene rings is 1. The fraction of sp³-hybridized carbons (Fsp3) is 0.200. The van der Waals surface area contributed by atoms with Gasteiger partial charge in [-0.05, 0) is 31.2 Å².